The highest BCUT2D eigenvalue weighted by Gasteiger charge is 2.30. The number of likely N-dealkylation sites (tertiary alicyclic amines) is 1. The predicted molar refractivity (Wildman–Crippen MR) is 91.0 cm³/mol. The summed E-state index contributed by atoms with van der Waals surface area (Å²) < 4.78 is 10.6. The highest BCUT2D eigenvalue weighted by Crippen LogP contribution is 2.27. The zero-order chi connectivity index (χ0) is 17.5. The Morgan fingerprint density at radius 3 is 3.08 bits per heavy atom. The quantitative estimate of drug-likeness (QED) is 0.772. The summed E-state index contributed by atoms with van der Waals surface area (Å²) in [6.45, 7) is 5.25. The second kappa shape index (κ2) is 8.57. The molecule has 0 aromatic carbocycles. The van der Waals surface area contributed by atoms with Crippen LogP contribution in [-0.4, -0.2) is 58.9 Å². The lowest BCUT2D eigenvalue weighted by molar-refractivity contribution is 0.144. The minimum atomic E-state index is -0.0446. The number of hydrogen-bond donors (Lipinski definition) is 1. The topological polar surface area (TPSA) is 93.4 Å². The van der Waals surface area contributed by atoms with Gasteiger partial charge in [0.2, 0.25) is 0 Å². The number of rotatable bonds is 7. The van der Waals surface area contributed by atoms with Crippen LogP contribution >= 0.6 is 0 Å². The Bertz CT molecular complexity index is 676. The Balaban J connectivity index is 1.49. The maximum atomic E-state index is 12.2. The molecule has 1 atom stereocenters. The first kappa shape index (κ1) is 17.3. The van der Waals surface area contributed by atoms with Gasteiger partial charge in [0.15, 0.2) is 5.82 Å². The number of aromatic nitrogens is 3. The molecule has 2 aromatic rings. The van der Waals surface area contributed by atoms with Crippen LogP contribution in [0.15, 0.2) is 29.0 Å². The van der Waals surface area contributed by atoms with Crippen molar-refractivity contribution in [3.8, 4) is 11.5 Å². The van der Waals surface area contributed by atoms with Gasteiger partial charge >= 0.3 is 6.03 Å². The van der Waals surface area contributed by atoms with E-state index >= 15 is 0 Å². The highest BCUT2D eigenvalue weighted by molar-refractivity contribution is 5.74. The molecule has 8 nitrogen and oxygen atoms in total. The first-order valence-corrected chi connectivity index (χ1v) is 8.62. The number of hydrogen-bond acceptors (Lipinski definition) is 6. The number of nitrogens with one attached hydrogen (secondary N) is 1. The Morgan fingerprint density at radius 1 is 1.44 bits per heavy atom. The Hall–Kier alpha value is -2.48. The van der Waals surface area contributed by atoms with Gasteiger partial charge in [0.25, 0.3) is 5.89 Å². The van der Waals surface area contributed by atoms with E-state index in [9.17, 15) is 4.79 Å². The van der Waals surface area contributed by atoms with Crippen molar-refractivity contribution in [2.75, 3.05) is 32.8 Å². The standard InChI is InChI=1S/C17H23N5O3/c1-2-24-11-3-7-19-17(23)22-10-6-14(12-22)15-20-16(25-21-15)13-4-8-18-9-5-13/h4-5,8-9,14H,2-3,6-7,10-12H2,1H3,(H,19,23). The molecule has 0 radical (unpaired) electrons. The summed E-state index contributed by atoms with van der Waals surface area (Å²) >= 11 is 0. The van der Waals surface area contributed by atoms with Crippen LogP contribution in [0.4, 0.5) is 4.79 Å². The van der Waals surface area contributed by atoms with E-state index in [-0.39, 0.29) is 11.9 Å². The van der Waals surface area contributed by atoms with Gasteiger partial charge in [-0.05, 0) is 31.9 Å². The minimum Gasteiger partial charge on any atom is -0.382 e. The predicted octanol–water partition coefficient (Wildman–Crippen LogP) is 2.06. The lowest BCUT2D eigenvalue weighted by Crippen LogP contribution is -2.39. The van der Waals surface area contributed by atoms with Crippen molar-refractivity contribution in [1.29, 1.82) is 0 Å². The van der Waals surface area contributed by atoms with Gasteiger partial charge in [-0.3, -0.25) is 4.98 Å². The van der Waals surface area contributed by atoms with Crippen LogP contribution in [0, 0.1) is 0 Å². The van der Waals surface area contributed by atoms with Crippen molar-refractivity contribution >= 4 is 6.03 Å². The molecule has 0 saturated carbocycles. The second-order valence-electron chi connectivity index (χ2n) is 5.91. The summed E-state index contributed by atoms with van der Waals surface area (Å²) in [5.41, 5.74) is 0.843. The number of nitrogens with zero attached hydrogens (tertiary/aromatic N) is 4. The number of pyridine rings is 1. The maximum absolute atomic E-state index is 12.2. The van der Waals surface area contributed by atoms with E-state index in [0.717, 1.165) is 18.4 Å². The fourth-order valence-electron chi connectivity index (χ4n) is 2.79. The fourth-order valence-corrected chi connectivity index (χ4v) is 2.79. The zero-order valence-electron chi connectivity index (χ0n) is 14.4. The summed E-state index contributed by atoms with van der Waals surface area (Å²) in [5, 5.41) is 7.01. The van der Waals surface area contributed by atoms with E-state index in [4.69, 9.17) is 9.26 Å². The third kappa shape index (κ3) is 4.54. The second-order valence-corrected chi connectivity index (χ2v) is 5.91. The average Bonchev–Trinajstić information content (AvgIpc) is 3.31. The molecule has 1 saturated heterocycles. The molecule has 0 spiro atoms. The molecule has 134 valence electrons. The van der Waals surface area contributed by atoms with Crippen molar-refractivity contribution in [2.45, 2.75) is 25.7 Å². The van der Waals surface area contributed by atoms with Crippen molar-refractivity contribution in [2.24, 2.45) is 0 Å². The van der Waals surface area contributed by atoms with Crippen LogP contribution in [0.2, 0.25) is 0 Å². The first-order chi connectivity index (χ1) is 12.3. The van der Waals surface area contributed by atoms with Crippen molar-refractivity contribution in [3.05, 3.63) is 30.4 Å². The van der Waals surface area contributed by atoms with E-state index < -0.39 is 0 Å². The van der Waals surface area contributed by atoms with Crippen molar-refractivity contribution < 1.29 is 14.1 Å². The summed E-state index contributed by atoms with van der Waals surface area (Å²) in [6, 6.07) is 3.61. The van der Waals surface area contributed by atoms with Crippen LogP contribution in [0.5, 0.6) is 0 Å². The summed E-state index contributed by atoms with van der Waals surface area (Å²) in [4.78, 5) is 22.4. The van der Waals surface area contributed by atoms with Crippen molar-refractivity contribution in [3.63, 3.8) is 0 Å². The summed E-state index contributed by atoms with van der Waals surface area (Å²) in [5.74, 6) is 1.24. The average molecular weight is 345 g/mol. The molecule has 3 heterocycles. The largest absolute Gasteiger partial charge is 0.382 e. The Morgan fingerprint density at radius 2 is 2.28 bits per heavy atom. The molecule has 0 aliphatic carbocycles. The van der Waals surface area contributed by atoms with Crippen LogP contribution in [-0.2, 0) is 4.74 Å². The third-order valence-electron chi connectivity index (χ3n) is 4.16. The molecule has 1 aliphatic heterocycles. The molecule has 1 N–H and O–H groups in total. The van der Waals surface area contributed by atoms with Gasteiger partial charge < -0.3 is 19.5 Å². The molecule has 3 rings (SSSR count). The number of urea groups is 1. The lowest BCUT2D eigenvalue weighted by atomic mass is 10.1. The van der Waals surface area contributed by atoms with Crippen molar-refractivity contribution in [1.82, 2.24) is 25.3 Å². The fraction of sp³-hybridized carbons (Fsp3) is 0.529. The van der Waals surface area contributed by atoms with Gasteiger partial charge in [0.1, 0.15) is 0 Å². The van der Waals surface area contributed by atoms with Gasteiger partial charge in [-0.1, -0.05) is 5.16 Å². The Labute approximate surface area is 146 Å². The zero-order valence-corrected chi connectivity index (χ0v) is 14.4. The summed E-state index contributed by atoms with van der Waals surface area (Å²) in [7, 11) is 0. The molecule has 0 bridgehead atoms. The molecule has 25 heavy (non-hydrogen) atoms. The van der Waals surface area contributed by atoms with Crippen LogP contribution in [0.25, 0.3) is 11.5 Å². The molecule has 8 heteroatoms. The molecule has 1 aliphatic rings. The molecule has 2 aromatic heterocycles. The SMILES string of the molecule is CCOCCCNC(=O)N1CCC(c2noc(-c3ccncc3)n2)C1. The van der Waals surface area contributed by atoms with Gasteiger partial charge in [-0.25, -0.2) is 4.79 Å². The lowest BCUT2D eigenvalue weighted by Gasteiger charge is -2.16. The molecule has 1 unspecified atom stereocenters. The van der Waals surface area contributed by atoms with E-state index in [1.807, 2.05) is 19.1 Å². The minimum absolute atomic E-state index is 0.0446. The van der Waals surface area contributed by atoms with E-state index in [0.29, 0.717) is 44.6 Å². The third-order valence-corrected chi connectivity index (χ3v) is 4.16. The number of ether oxygens (including phenoxy) is 1. The first-order valence-electron chi connectivity index (χ1n) is 8.62. The smallest absolute Gasteiger partial charge is 0.317 e. The van der Waals surface area contributed by atoms with Crippen LogP contribution < -0.4 is 5.32 Å². The van der Waals surface area contributed by atoms with Gasteiger partial charge in [0, 0.05) is 56.7 Å². The molecular formula is C17H23N5O3. The molecule has 1 fully saturated rings. The van der Waals surface area contributed by atoms with E-state index in [2.05, 4.69) is 20.4 Å². The van der Waals surface area contributed by atoms with E-state index in [1.54, 1.807) is 17.3 Å². The van der Waals surface area contributed by atoms with Gasteiger partial charge in [-0.2, -0.15) is 4.98 Å². The van der Waals surface area contributed by atoms with E-state index in [1.165, 1.54) is 0 Å². The molecule has 2 amide bonds. The van der Waals surface area contributed by atoms with Crippen LogP contribution in [0.1, 0.15) is 31.5 Å². The summed E-state index contributed by atoms with van der Waals surface area (Å²) in [6.07, 6.45) is 5.03. The highest BCUT2D eigenvalue weighted by atomic mass is 16.5. The maximum Gasteiger partial charge on any atom is 0.317 e. The van der Waals surface area contributed by atoms with Crippen LogP contribution in [0.3, 0.4) is 0 Å². The van der Waals surface area contributed by atoms with Gasteiger partial charge in [-0.15, -0.1) is 0 Å². The number of carbonyl (C=O) groups is 1. The number of carbonyl (C=O) groups excluding carboxylic acids is 1. The number of amides is 2. The molecular weight excluding hydrogens is 322 g/mol. The monoisotopic (exact) mass is 345 g/mol. The normalized spacial score (nSPS) is 17.0. The van der Waals surface area contributed by atoms with Gasteiger partial charge in [0.05, 0.1) is 0 Å². The Kier molecular flexibility index (Phi) is 5.95.